The van der Waals surface area contributed by atoms with Gasteiger partial charge in [-0.15, -0.1) is 0 Å². The van der Waals surface area contributed by atoms with Crippen LogP contribution >= 0.6 is 11.8 Å². The van der Waals surface area contributed by atoms with Gasteiger partial charge in [0.2, 0.25) is 0 Å². The maximum Gasteiger partial charge on any atom is 0.0633 e. The lowest BCUT2D eigenvalue weighted by Gasteiger charge is -2.07. The molecule has 3 heteroatoms. The molecule has 0 amide bonds. The Morgan fingerprint density at radius 2 is 2.30 bits per heavy atom. The summed E-state index contributed by atoms with van der Waals surface area (Å²) in [5, 5.41) is 0. The van der Waals surface area contributed by atoms with Crippen LogP contribution in [0.1, 0.15) is 13.3 Å². The molecule has 1 atom stereocenters. The molecule has 0 heterocycles. The van der Waals surface area contributed by atoms with Gasteiger partial charge in [-0.05, 0) is 25.6 Å². The van der Waals surface area contributed by atoms with E-state index in [9.17, 15) is 0 Å². The van der Waals surface area contributed by atoms with Crippen molar-refractivity contribution in [1.82, 2.24) is 0 Å². The van der Waals surface area contributed by atoms with Crippen LogP contribution in [-0.2, 0) is 4.74 Å². The summed E-state index contributed by atoms with van der Waals surface area (Å²) in [6.45, 7) is 2.88. The summed E-state index contributed by atoms with van der Waals surface area (Å²) in [6, 6.07) is 0. The lowest BCUT2D eigenvalue weighted by molar-refractivity contribution is 0.138. The first kappa shape index (κ1) is 10.3. The van der Waals surface area contributed by atoms with Crippen molar-refractivity contribution < 1.29 is 4.74 Å². The Hall–Kier alpha value is 0.270. The Kier molecular flexibility index (Phi) is 7.58. The van der Waals surface area contributed by atoms with Crippen LogP contribution in [0.3, 0.4) is 0 Å². The van der Waals surface area contributed by atoms with Crippen LogP contribution in [0.2, 0.25) is 0 Å². The second kappa shape index (κ2) is 7.38. The fourth-order valence-electron chi connectivity index (χ4n) is 0.503. The van der Waals surface area contributed by atoms with Gasteiger partial charge >= 0.3 is 0 Å². The SMILES string of the molecule is COC(C)CSCCCN. The predicted molar refractivity (Wildman–Crippen MR) is 47.5 cm³/mol. The molecule has 0 aliphatic heterocycles. The van der Waals surface area contributed by atoms with E-state index in [0.717, 1.165) is 24.5 Å². The summed E-state index contributed by atoms with van der Waals surface area (Å²) in [5.41, 5.74) is 5.33. The molecule has 0 bridgehead atoms. The number of hydrogen-bond acceptors (Lipinski definition) is 3. The van der Waals surface area contributed by atoms with E-state index in [2.05, 4.69) is 6.92 Å². The van der Waals surface area contributed by atoms with Gasteiger partial charge in [0.05, 0.1) is 6.10 Å². The van der Waals surface area contributed by atoms with Gasteiger partial charge in [0, 0.05) is 12.9 Å². The Morgan fingerprint density at radius 3 is 2.80 bits per heavy atom. The molecule has 62 valence electrons. The van der Waals surface area contributed by atoms with Crippen molar-refractivity contribution in [3.05, 3.63) is 0 Å². The fourth-order valence-corrected chi connectivity index (χ4v) is 1.51. The van der Waals surface area contributed by atoms with E-state index in [0.29, 0.717) is 6.10 Å². The van der Waals surface area contributed by atoms with E-state index < -0.39 is 0 Å². The maximum atomic E-state index is 5.33. The van der Waals surface area contributed by atoms with Gasteiger partial charge in [-0.1, -0.05) is 0 Å². The van der Waals surface area contributed by atoms with Crippen molar-refractivity contribution >= 4 is 11.8 Å². The molecule has 0 rings (SSSR count). The number of rotatable bonds is 6. The Bertz CT molecular complexity index is 70.6. The van der Waals surface area contributed by atoms with Crippen molar-refractivity contribution in [2.75, 3.05) is 25.2 Å². The zero-order chi connectivity index (χ0) is 7.82. The van der Waals surface area contributed by atoms with Gasteiger partial charge < -0.3 is 10.5 Å². The zero-order valence-electron chi connectivity index (χ0n) is 6.80. The summed E-state index contributed by atoms with van der Waals surface area (Å²) in [5.74, 6) is 2.24. The van der Waals surface area contributed by atoms with Crippen molar-refractivity contribution in [3.8, 4) is 0 Å². The number of nitrogens with two attached hydrogens (primary N) is 1. The summed E-state index contributed by atoms with van der Waals surface area (Å²) in [6.07, 6.45) is 1.49. The molecule has 0 aromatic carbocycles. The Labute approximate surface area is 67.5 Å². The molecule has 0 aromatic rings. The van der Waals surface area contributed by atoms with Crippen molar-refractivity contribution in [3.63, 3.8) is 0 Å². The summed E-state index contributed by atoms with van der Waals surface area (Å²) >= 11 is 1.91. The lowest BCUT2D eigenvalue weighted by atomic mass is 10.5. The van der Waals surface area contributed by atoms with Crippen LogP contribution in [0.25, 0.3) is 0 Å². The molecule has 0 fully saturated rings. The van der Waals surface area contributed by atoms with Crippen LogP contribution in [0.15, 0.2) is 0 Å². The lowest BCUT2D eigenvalue weighted by Crippen LogP contribution is -2.09. The van der Waals surface area contributed by atoms with E-state index in [1.807, 2.05) is 11.8 Å². The van der Waals surface area contributed by atoms with Crippen LogP contribution in [0.4, 0.5) is 0 Å². The quantitative estimate of drug-likeness (QED) is 0.596. The molecule has 2 nitrogen and oxygen atoms in total. The molecule has 0 radical (unpaired) electrons. The van der Waals surface area contributed by atoms with E-state index in [4.69, 9.17) is 10.5 Å². The van der Waals surface area contributed by atoms with Crippen molar-refractivity contribution in [2.24, 2.45) is 5.73 Å². The number of ether oxygens (including phenoxy) is 1. The monoisotopic (exact) mass is 163 g/mol. The number of thioether (sulfide) groups is 1. The number of hydrogen-bond donors (Lipinski definition) is 1. The summed E-state index contributed by atoms with van der Waals surface area (Å²) < 4.78 is 5.08. The van der Waals surface area contributed by atoms with E-state index >= 15 is 0 Å². The molecule has 0 saturated carbocycles. The third kappa shape index (κ3) is 6.39. The first-order valence-electron chi connectivity index (χ1n) is 3.62. The molecule has 0 aliphatic rings. The first-order valence-corrected chi connectivity index (χ1v) is 4.77. The van der Waals surface area contributed by atoms with E-state index in [-0.39, 0.29) is 0 Å². The molecule has 0 spiro atoms. The fraction of sp³-hybridized carbons (Fsp3) is 1.00. The highest BCUT2D eigenvalue weighted by Crippen LogP contribution is 2.05. The van der Waals surface area contributed by atoms with E-state index in [1.54, 1.807) is 7.11 Å². The highest BCUT2D eigenvalue weighted by molar-refractivity contribution is 7.99. The predicted octanol–water partition coefficient (Wildman–Crippen LogP) is 1.10. The second-order valence-corrected chi connectivity index (χ2v) is 3.41. The molecular formula is C7H17NOS. The minimum Gasteiger partial charge on any atom is -0.381 e. The van der Waals surface area contributed by atoms with Crippen LogP contribution < -0.4 is 5.73 Å². The highest BCUT2D eigenvalue weighted by atomic mass is 32.2. The largest absolute Gasteiger partial charge is 0.381 e. The molecular weight excluding hydrogens is 146 g/mol. The molecule has 0 saturated heterocycles. The topological polar surface area (TPSA) is 35.2 Å². The molecule has 2 N–H and O–H groups in total. The normalized spacial score (nSPS) is 13.5. The summed E-state index contributed by atoms with van der Waals surface area (Å²) in [4.78, 5) is 0. The van der Waals surface area contributed by atoms with Crippen LogP contribution in [0, 0.1) is 0 Å². The third-order valence-electron chi connectivity index (χ3n) is 1.25. The van der Waals surface area contributed by atoms with Crippen molar-refractivity contribution in [1.29, 1.82) is 0 Å². The van der Waals surface area contributed by atoms with Gasteiger partial charge in [0.1, 0.15) is 0 Å². The average molecular weight is 163 g/mol. The number of methoxy groups -OCH3 is 1. The Balaban J connectivity index is 2.89. The average Bonchev–Trinajstić information content (AvgIpc) is 1.98. The standard InChI is InChI=1S/C7H17NOS/c1-7(9-2)6-10-5-3-4-8/h7H,3-6,8H2,1-2H3. The smallest absolute Gasteiger partial charge is 0.0633 e. The first-order chi connectivity index (χ1) is 4.81. The van der Waals surface area contributed by atoms with Gasteiger partial charge in [0.25, 0.3) is 0 Å². The van der Waals surface area contributed by atoms with Crippen molar-refractivity contribution in [2.45, 2.75) is 19.4 Å². The Morgan fingerprint density at radius 1 is 1.60 bits per heavy atom. The van der Waals surface area contributed by atoms with Gasteiger partial charge in [-0.3, -0.25) is 0 Å². The maximum absolute atomic E-state index is 5.33. The third-order valence-corrected chi connectivity index (χ3v) is 2.53. The highest BCUT2D eigenvalue weighted by Gasteiger charge is 1.97. The van der Waals surface area contributed by atoms with E-state index in [1.165, 1.54) is 0 Å². The molecule has 1 unspecified atom stereocenters. The minimum atomic E-state index is 0.378. The summed E-state index contributed by atoms with van der Waals surface area (Å²) in [7, 11) is 1.74. The zero-order valence-corrected chi connectivity index (χ0v) is 7.62. The minimum absolute atomic E-state index is 0.378. The molecule has 0 aliphatic carbocycles. The van der Waals surface area contributed by atoms with Gasteiger partial charge in [0.15, 0.2) is 0 Å². The van der Waals surface area contributed by atoms with Gasteiger partial charge in [-0.25, -0.2) is 0 Å². The van der Waals surface area contributed by atoms with Crippen LogP contribution in [0.5, 0.6) is 0 Å². The van der Waals surface area contributed by atoms with Crippen LogP contribution in [-0.4, -0.2) is 31.3 Å². The molecule has 10 heavy (non-hydrogen) atoms. The molecule has 0 aromatic heterocycles. The van der Waals surface area contributed by atoms with Gasteiger partial charge in [-0.2, -0.15) is 11.8 Å². The second-order valence-electron chi connectivity index (χ2n) is 2.26.